The van der Waals surface area contributed by atoms with E-state index < -0.39 is 0 Å². The fraction of sp³-hybridized carbons (Fsp3) is 0.562. The molecule has 2 rings (SSSR count). The molecule has 22 heavy (non-hydrogen) atoms. The second kappa shape index (κ2) is 8.65. The normalized spacial score (nSPS) is 17.4. The Balaban J connectivity index is 0.00000242. The molecule has 0 radical (unpaired) electrons. The van der Waals surface area contributed by atoms with Gasteiger partial charge < -0.3 is 15.8 Å². The maximum Gasteiger partial charge on any atom is 0.233 e. The number of rotatable bonds is 6. The molecule has 6 heteroatoms. The van der Waals surface area contributed by atoms with Crippen LogP contribution in [0.4, 0.5) is 0 Å². The molecule has 1 aliphatic rings. The summed E-state index contributed by atoms with van der Waals surface area (Å²) in [5.41, 5.74) is 5.69. The molecule has 3 N–H and O–H groups in total. The molecule has 1 aromatic carbocycles. The summed E-state index contributed by atoms with van der Waals surface area (Å²) in [5, 5.41) is 3.04. The van der Waals surface area contributed by atoms with E-state index in [-0.39, 0.29) is 29.1 Å². The van der Waals surface area contributed by atoms with E-state index in [1.54, 1.807) is 18.9 Å². The van der Waals surface area contributed by atoms with E-state index in [0.717, 1.165) is 36.3 Å². The molecule has 1 saturated carbocycles. The Morgan fingerprint density at radius 1 is 1.36 bits per heavy atom. The summed E-state index contributed by atoms with van der Waals surface area (Å²) in [7, 11) is 1.64. The third kappa shape index (κ3) is 4.80. The number of carbonyl (C=O) groups is 1. The minimum absolute atomic E-state index is 0. The second-order valence-electron chi connectivity index (χ2n) is 5.62. The Morgan fingerprint density at radius 2 is 1.95 bits per heavy atom. The highest BCUT2D eigenvalue weighted by atomic mass is 35.5. The van der Waals surface area contributed by atoms with Gasteiger partial charge in [-0.15, -0.1) is 24.2 Å². The van der Waals surface area contributed by atoms with Gasteiger partial charge in [0, 0.05) is 11.4 Å². The summed E-state index contributed by atoms with van der Waals surface area (Å²) in [5.74, 6) is 0.896. The first-order valence-electron chi connectivity index (χ1n) is 7.41. The van der Waals surface area contributed by atoms with E-state index in [0.29, 0.717) is 6.54 Å². The maximum absolute atomic E-state index is 12.4. The molecule has 0 aliphatic heterocycles. The third-order valence-electron chi connectivity index (χ3n) is 4.08. The van der Waals surface area contributed by atoms with Crippen LogP contribution >= 0.6 is 24.2 Å². The molecule has 1 aliphatic carbocycles. The molecular formula is C16H25ClN2O2S. The van der Waals surface area contributed by atoms with Crippen LogP contribution in [-0.2, 0) is 4.79 Å². The van der Waals surface area contributed by atoms with Crippen LogP contribution in [0.5, 0.6) is 5.75 Å². The van der Waals surface area contributed by atoms with Crippen LogP contribution in [0.2, 0.25) is 0 Å². The van der Waals surface area contributed by atoms with Gasteiger partial charge in [0.1, 0.15) is 5.75 Å². The molecule has 0 heterocycles. The van der Waals surface area contributed by atoms with Gasteiger partial charge in [-0.25, -0.2) is 0 Å². The lowest BCUT2D eigenvalue weighted by Crippen LogP contribution is -2.53. The lowest BCUT2D eigenvalue weighted by molar-refractivity contribution is -0.122. The van der Waals surface area contributed by atoms with Crippen molar-refractivity contribution in [1.29, 1.82) is 0 Å². The predicted molar refractivity (Wildman–Crippen MR) is 94.0 cm³/mol. The van der Waals surface area contributed by atoms with Gasteiger partial charge in [0.25, 0.3) is 0 Å². The van der Waals surface area contributed by atoms with Crippen LogP contribution < -0.4 is 15.8 Å². The van der Waals surface area contributed by atoms with Gasteiger partial charge in [-0.3, -0.25) is 4.79 Å². The zero-order chi connectivity index (χ0) is 15.3. The van der Waals surface area contributed by atoms with Gasteiger partial charge in [0.05, 0.1) is 17.9 Å². The molecule has 1 fully saturated rings. The quantitative estimate of drug-likeness (QED) is 0.779. The van der Waals surface area contributed by atoms with E-state index in [1.807, 2.05) is 31.2 Å². The number of hydrogen-bond donors (Lipinski definition) is 2. The first kappa shape index (κ1) is 19.1. The Morgan fingerprint density at radius 3 is 2.45 bits per heavy atom. The Kier molecular flexibility index (Phi) is 7.53. The van der Waals surface area contributed by atoms with Crippen molar-refractivity contribution in [2.75, 3.05) is 13.7 Å². The van der Waals surface area contributed by atoms with E-state index in [2.05, 4.69) is 5.32 Å². The molecule has 0 aromatic heterocycles. The van der Waals surface area contributed by atoms with Gasteiger partial charge in [0.15, 0.2) is 0 Å². The molecule has 1 unspecified atom stereocenters. The summed E-state index contributed by atoms with van der Waals surface area (Å²) in [6.45, 7) is 2.46. The first-order chi connectivity index (χ1) is 10.1. The molecule has 1 amide bonds. The monoisotopic (exact) mass is 344 g/mol. The first-order valence-corrected chi connectivity index (χ1v) is 8.29. The minimum Gasteiger partial charge on any atom is -0.497 e. The van der Waals surface area contributed by atoms with Crippen molar-refractivity contribution in [3.63, 3.8) is 0 Å². The van der Waals surface area contributed by atoms with E-state index >= 15 is 0 Å². The summed E-state index contributed by atoms with van der Waals surface area (Å²) in [6.07, 6.45) is 4.29. The van der Waals surface area contributed by atoms with Crippen molar-refractivity contribution < 1.29 is 9.53 Å². The van der Waals surface area contributed by atoms with Crippen molar-refractivity contribution in [2.24, 2.45) is 5.73 Å². The summed E-state index contributed by atoms with van der Waals surface area (Å²) in [4.78, 5) is 13.4. The van der Waals surface area contributed by atoms with Crippen LogP contribution in [0.1, 0.15) is 32.6 Å². The van der Waals surface area contributed by atoms with Crippen LogP contribution in [0.3, 0.4) is 0 Å². The van der Waals surface area contributed by atoms with Gasteiger partial charge in [-0.05, 0) is 44.0 Å². The van der Waals surface area contributed by atoms with E-state index in [4.69, 9.17) is 10.5 Å². The average molecular weight is 345 g/mol. The van der Waals surface area contributed by atoms with Crippen molar-refractivity contribution in [2.45, 2.75) is 48.3 Å². The highest BCUT2D eigenvalue weighted by Gasteiger charge is 2.34. The molecular weight excluding hydrogens is 320 g/mol. The van der Waals surface area contributed by atoms with Gasteiger partial charge in [0.2, 0.25) is 5.91 Å². The lowest BCUT2D eigenvalue weighted by Gasteiger charge is -2.30. The van der Waals surface area contributed by atoms with Crippen molar-refractivity contribution in [3.05, 3.63) is 24.3 Å². The SMILES string of the molecule is COc1ccc(SC(C)C(=O)NC2(CN)CCCC2)cc1.Cl. The lowest BCUT2D eigenvalue weighted by atomic mass is 9.98. The van der Waals surface area contributed by atoms with Gasteiger partial charge >= 0.3 is 0 Å². The number of methoxy groups -OCH3 is 1. The average Bonchev–Trinajstić information content (AvgIpc) is 2.97. The van der Waals surface area contributed by atoms with Gasteiger partial charge in [-0.1, -0.05) is 12.8 Å². The molecule has 0 saturated heterocycles. The smallest absolute Gasteiger partial charge is 0.233 e. The molecule has 0 spiro atoms. The van der Waals surface area contributed by atoms with Crippen LogP contribution in [-0.4, -0.2) is 30.4 Å². The highest BCUT2D eigenvalue weighted by Crippen LogP contribution is 2.30. The standard InChI is InChI=1S/C16H24N2O2S.ClH/c1-12(21-14-7-5-13(20-2)6-8-14)15(19)18-16(11-17)9-3-4-10-16;/h5-8,12H,3-4,9-11,17H2,1-2H3,(H,18,19);1H. The zero-order valence-electron chi connectivity index (χ0n) is 13.1. The van der Waals surface area contributed by atoms with Crippen LogP contribution in [0.15, 0.2) is 29.2 Å². The van der Waals surface area contributed by atoms with Crippen molar-refractivity contribution in [3.8, 4) is 5.75 Å². The number of nitrogens with one attached hydrogen (secondary N) is 1. The molecule has 0 bridgehead atoms. The van der Waals surface area contributed by atoms with Crippen molar-refractivity contribution in [1.82, 2.24) is 5.32 Å². The van der Waals surface area contributed by atoms with Gasteiger partial charge in [-0.2, -0.15) is 0 Å². The fourth-order valence-electron chi connectivity index (χ4n) is 2.71. The number of hydrogen-bond acceptors (Lipinski definition) is 4. The number of amides is 1. The van der Waals surface area contributed by atoms with E-state index in [1.165, 1.54) is 0 Å². The summed E-state index contributed by atoms with van der Waals surface area (Å²) < 4.78 is 5.14. The Labute approximate surface area is 143 Å². The van der Waals surface area contributed by atoms with Crippen LogP contribution in [0.25, 0.3) is 0 Å². The van der Waals surface area contributed by atoms with E-state index in [9.17, 15) is 4.79 Å². The van der Waals surface area contributed by atoms with Crippen molar-refractivity contribution >= 4 is 30.1 Å². The third-order valence-corrected chi connectivity index (χ3v) is 5.19. The largest absolute Gasteiger partial charge is 0.497 e. The topological polar surface area (TPSA) is 64.3 Å². The molecule has 1 atom stereocenters. The highest BCUT2D eigenvalue weighted by molar-refractivity contribution is 8.00. The second-order valence-corrected chi connectivity index (χ2v) is 7.03. The maximum atomic E-state index is 12.4. The number of ether oxygens (including phenoxy) is 1. The number of thioether (sulfide) groups is 1. The Hall–Kier alpha value is -0.910. The molecule has 1 aromatic rings. The molecule has 124 valence electrons. The van der Waals surface area contributed by atoms with Crippen LogP contribution in [0, 0.1) is 0 Å². The minimum atomic E-state index is -0.175. The summed E-state index contributed by atoms with van der Waals surface area (Å²) >= 11 is 1.56. The zero-order valence-corrected chi connectivity index (χ0v) is 14.8. The Bertz CT molecular complexity index is 476. The number of nitrogens with two attached hydrogens (primary N) is 1. The number of carbonyl (C=O) groups excluding carboxylic acids is 1. The fourth-order valence-corrected chi connectivity index (χ4v) is 3.57. The number of benzene rings is 1. The predicted octanol–water partition coefficient (Wildman–Crippen LogP) is 2.99. The molecule has 4 nitrogen and oxygen atoms in total. The number of halogens is 1. The summed E-state index contributed by atoms with van der Waals surface area (Å²) in [6, 6.07) is 7.76.